The molecule has 2 rings (SSSR count). The summed E-state index contributed by atoms with van der Waals surface area (Å²) in [5.74, 6) is -0.816. The van der Waals surface area contributed by atoms with Gasteiger partial charge >= 0.3 is 12.1 Å². The molecule has 2 aromatic heterocycles. The molecule has 1 atom stereocenters. The third-order valence-electron chi connectivity index (χ3n) is 2.99. The number of amides is 1. The lowest BCUT2D eigenvalue weighted by Gasteiger charge is -2.23. The van der Waals surface area contributed by atoms with Crippen LogP contribution in [-0.2, 0) is 16.1 Å². The van der Waals surface area contributed by atoms with Crippen LogP contribution in [0.15, 0.2) is 12.7 Å². The average molecular weight is 336 g/mol. The summed E-state index contributed by atoms with van der Waals surface area (Å²) in [6.45, 7) is 5.32. The van der Waals surface area contributed by atoms with E-state index in [0.29, 0.717) is 11.2 Å². The van der Waals surface area contributed by atoms with Crippen LogP contribution in [0.1, 0.15) is 27.2 Å². The molecule has 2 heterocycles. The van der Waals surface area contributed by atoms with Gasteiger partial charge in [0.05, 0.1) is 18.8 Å². The van der Waals surface area contributed by atoms with E-state index < -0.39 is 23.7 Å². The van der Waals surface area contributed by atoms with Crippen LogP contribution in [0.25, 0.3) is 11.2 Å². The molecule has 0 spiro atoms. The first-order valence-electron chi connectivity index (χ1n) is 7.28. The normalized spacial score (nSPS) is 12.8. The Kier molecular flexibility index (Phi) is 4.86. The van der Waals surface area contributed by atoms with E-state index in [2.05, 4.69) is 20.3 Å². The van der Waals surface area contributed by atoms with Crippen LogP contribution in [-0.4, -0.2) is 48.3 Å². The number of alkyl carbamates (subject to hydrolysis) is 1. The average Bonchev–Trinajstić information content (AvgIpc) is 2.80. The molecule has 0 aliphatic heterocycles. The van der Waals surface area contributed by atoms with Crippen LogP contribution in [0.4, 0.5) is 10.6 Å². The lowest BCUT2D eigenvalue weighted by molar-refractivity contribution is -0.137. The minimum Gasteiger partial charge on any atom is -0.481 e. The first kappa shape index (κ1) is 17.4. The summed E-state index contributed by atoms with van der Waals surface area (Å²) >= 11 is 0. The maximum atomic E-state index is 11.9. The van der Waals surface area contributed by atoms with Crippen molar-refractivity contribution < 1.29 is 19.4 Å². The number of nitrogen functional groups attached to an aromatic ring is 1. The number of hydrogen-bond donors (Lipinski definition) is 3. The first-order valence-corrected chi connectivity index (χ1v) is 7.28. The number of carboxylic acids is 1. The van der Waals surface area contributed by atoms with Crippen LogP contribution < -0.4 is 11.1 Å². The number of nitrogens with zero attached hydrogens (tertiary/aromatic N) is 4. The second-order valence-corrected chi connectivity index (χ2v) is 6.27. The number of carboxylic acid groups (broad SMARTS) is 1. The molecule has 1 amide bonds. The van der Waals surface area contributed by atoms with Crippen molar-refractivity contribution in [2.45, 2.75) is 45.4 Å². The fraction of sp³-hybridized carbons (Fsp3) is 0.500. The second kappa shape index (κ2) is 6.69. The van der Waals surface area contributed by atoms with Gasteiger partial charge in [-0.2, -0.15) is 0 Å². The number of anilines is 1. The monoisotopic (exact) mass is 336 g/mol. The van der Waals surface area contributed by atoms with Crippen molar-refractivity contribution in [2.24, 2.45) is 0 Å². The Morgan fingerprint density at radius 1 is 1.38 bits per heavy atom. The minimum atomic E-state index is -1.05. The lowest BCUT2D eigenvalue weighted by Crippen LogP contribution is -2.42. The van der Waals surface area contributed by atoms with Crippen molar-refractivity contribution >= 4 is 29.0 Å². The topological polar surface area (TPSA) is 145 Å². The Morgan fingerprint density at radius 3 is 2.71 bits per heavy atom. The molecule has 10 heteroatoms. The number of ether oxygens (including phenoxy) is 1. The van der Waals surface area contributed by atoms with Crippen molar-refractivity contribution in [2.75, 3.05) is 5.73 Å². The molecule has 0 aromatic carbocycles. The van der Waals surface area contributed by atoms with Gasteiger partial charge in [-0.3, -0.25) is 4.79 Å². The highest BCUT2D eigenvalue weighted by Gasteiger charge is 2.22. The molecule has 2 aromatic rings. The van der Waals surface area contributed by atoms with Gasteiger partial charge in [0.15, 0.2) is 11.5 Å². The van der Waals surface area contributed by atoms with Crippen molar-refractivity contribution in [1.29, 1.82) is 0 Å². The molecule has 0 fully saturated rings. The Morgan fingerprint density at radius 2 is 2.08 bits per heavy atom. The predicted molar refractivity (Wildman–Crippen MR) is 85.1 cm³/mol. The largest absolute Gasteiger partial charge is 0.481 e. The van der Waals surface area contributed by atoms with E-state index in [1.807, 2.05) is 0 Å². The number of fused-ring (bicyclic) bond motifs is 1. The van der Waals surface area contributed by atoms with Gasteiger partial charge in [0.2, 0.25) is 0 Å². The lowest BCUT2D eigenvalue weighted by atomic mass is 10.2. The van der Waals surface area contributed by atoms with E-state index in [-0.39, 0.29) is 18.8 Å². The SMILES string of the molecule is CC(C)(C)OC(=O)N[C@@H](CC(=O)O)Cn1cnc2c(N)ncnc21. The van der Waals surface area contributed by atoms with Crippen molar-refractivity contribution in [1.82, 2.24) is 24.8 Å². The maximum Gasteiger partial charge on any atom is 0.407 e. The smallest absolute Gasteiger partial charge is 0.407 e. The van der Waals surface area contributed by atoms with Crippen LogP contribution in [0, 0.1) is 0 Å². The number of carbonyl (C=O) groups is 2. The van der Waals surface area contributed by atoms with Crippen molar-refractivity contribution in [3.05, 3.63) is 12.7 Å². The Bertz CT molecular complexity index is 751. The van der Waals surface area contributed by atoms with Gasteiger partial charge < -0.3 is 25.5 Å². The van der Waals surface area contributed by atoms with Gasteiger partial charge in [-0.25, -0.2) is 19.7 Å². The van der Waals surface area contributed by atoms with E-state index in [0.717, 1.165) is 0 Å². The summed E-state index contributed by atoms with van der Waals surface area (Å²) in [4.78, 5) is 35.0. The zero-order chi connectivity index (χ0) is 17.9. The fourth-order valence-corrected chi connectivity index (χ4v) is 2.12. The summed E-state index contributed by atoms with van der Waals surface area (Å²) in [5, 5.41) is 11.6. The van der Waals surface area contributed by atoms with Gasteiger partial charge in [-0.05, 0) is 20.8 Å². The summed E-state index contributed by atoms with van der Waals surface area (Å²) in [6.07, 6.45) is 1.80. The van der Waals surface area contributed by atoms with E-state index in [1.54, 1.807) is 25.3 Å². The highest BCUT2D eigenvalue weighted by Crippen LogP contribution is 2.15. The molecule has 0 aliphatic carbocycles. The maximum absolute atomic E-state index is 11.9. The Labute approximate surface area is 138 Å². The van der Waals surface area contributed by atoms with Gasteiger partial charge in [0.25, 0.3) is 0 Å². The summed E-state index contributed by atoms with van der Waals surface area (Å²) in [7, 11) is 0. The molecule has 4 N–H and O–H groups in total. The standard InChI is InChI=1S/C14H20N6O4/c1-14(2,3)24-13(23)19-8(4-9(21)22)5-20-7-18-10-11(15)16-6-17-12(10)20/h6-8H,4-5H2,1-3H3,(H,19,23)(H,21,22)(H2,15,16,17)/t8-/m0/s1. The van der Waals surface area contributed by atoms with E-state index in [1.165, 1.54) is 12.7 Å². The third-order valence-corrected chi connectivity index (χ3v) is 2.99. The zero-order valence-electron chi connectivity index (χ0n) is 13.7. The van der Waals surface area contributed by atoms with E-state index >= 15 is 0 Å². The van der Waals surface area contributed by atoms with Gasteiger partial charge in [-0.1, -0.05) is 0 Å². The summed E-state index contributed by atoms with van der Waals surface area (Å²) in [6, 6.07) is -0.703. The van der Waals surface area contributed by atoms with Crippen LogP contribution >= 0.6 is 0 Å². The van der Waals surface area contributed by atoms with E-state index in [9.17, 15) is 9.59 Å². The molecule has 0 saturated carbocycles. The Hall–Kier alpha value is -2.91. The molecule has 0 bridgehead atoms. The molecule has 130 valence electrons. The molecule has 0 radical (unpaired) electrons. The van der Waals surface area contributed by atoms with Gasteiger partial charge in [0.1, 0.15) is 17.4 Å². The number of carbonyl (C=O) groups excluding carboxylic acids is 1. The third kappa shape index (κ3) is 4.54. The summed E-state index contributed by atoms with van der Waals surface area (Å²) < 4.78 is 6.77. The number of aliphatic carboxylic acids is 1. The van der Waals surface area contributed by atoms with Gasteiger partial charge in [-0.15, -0.1) is 0 Å². The molecule has 0 aliphatic rings. The van der Waals surface area contributed by atoms with Crippen molar-refractivity contribution in [3.63, 3.8) is 0 Å². The number of nitrogens with one attached hydrogen (secondary N) is 1. The number of imidazole rings is 1. The molecule has 10 nitrogen and oxygen atoms in total. The summed E-state index contributed by atoms with van der Waals surface area (Å²) in [5.41, 5.74) is 5.92. The van der Waals surface area contributed by atoms with Crippen LogP contribution in [0.5, 0.6) is 0 Å². The minimum absolute atomic E-state index is 0.151. The highest BCUT2D eigenvalue weighted by molar-refractivity contribution is 5.81. The quantitative estimate of drug-likeness (QED) is 0.726. The molecular formula is C14H20N6O4. The molecule has 24 heavy (non-hydrogen) atoms. The number of nitrogens with two attached hydrogens (primary N) is 1. The molecule has 0 unspecified atom stereocenters. The number of hydrogen-bond acceptors (Lipinski definition) is 7. The fourth-order valence-electron chi connectivity index (χ4n) is 2.12. The van der Waals surface area contributed by atoms with E-state index in [4.69, 9.17) is 15.6 Å². The van der Waals surface area contributed by atoms with Gasteiger partial charge in [0, 0.05) is 6.54 Å². The number of aromatic nitrogens is 4. The number of rotatable bonds is 5. The molecular weight excluding hydrogens is 316 g/mol. The first-order chi connectivity index (χ1) is 11.2. The van der Waals surface area contributed by atoms with Crippen LogP contribution in [0.3, 0.4) is 0 Å². The second-order valence-electron chi connectivity index (χ2n) is 6.27. The predicted octanol–water partition coefficient (Wildman–Crippen LogP) is 0.776. The highest BCUT2D eigenvalue weighted by atomic mass is 16.6. The van der Waals surface area contributed by atoms with Crippen molar-refractivity contribution in [3.8, 4) is 0 Å². The van der Waals surface area contributed by atoms with Crippen LogP contribution in [0.2, 0.25) is 0 Å². The molecule has 0 saturated heterocycles. The zero-order valence-corrected chi connectivity index (χ0v) is 13.7. The Balaban J connectivity index is 2.17.